The molecule has 0 N–H and O–H groups in total. The molecule has 5 heteroatoms. The topological polar surface area (TPSA) is 51.4 Å². The molecule has 0 spiro atoms. The summed E-state index contributed by atoms with van der Waals surface area (Å²) < 4.78 is 10.8. The molecular weight excluding hydrogens is 206 g/mol. The van der Waals surface area contributed by atoms with Crippen molar-refractivity contribution in [3.8, 4) is 0 Å². The average molecular weight is 223 g/mol. The number of hydrogen-bond donors (Lipinski definition) is 0. The number of aromatic nitrogens is 2. The summed E-state index contributed by atoms with van der Waals surface area (Å²) in [6.07, 6.45) is 1.59. The van der Waals surface area contributed by atoms with Crippen LogP contribution in [0.4, 0.5) is 0 Å². The number of ether oxygens (including phenoxy) is 1. The fourth-order valence-corrected chi connectivity index (χ4v) is 2.41. The monoisotopic (exact) mass is 223 g/mol. The standard InChI is InChI=1S/C11H17N3O2/c1-7(2)11-12-10(16-13-11)5-14-4-9-3-8(14)6-15-9/h7-9H,3-6H2,1-2H3. The lowest BCUT2D eigenvalue weighted by atomic mass is 10.2. The van der Waals surface area contributed by atoms with E-state index in [1.165, 1.54) is 0 Å². The highest BCUT2D eigenvalue weighted by Gasteiger charge is 2.39. The zero-order chi connectivity index (χ0) is 11.1. The second-order valence-corrected chi connectivity index (χ2v) is 4.98. The molecule has 1 aromatic rings. The molecule has 2 atom stereocenters. The van der Waals surface area contributed by atoms with E-state index in [1.807, 2.05) is 0 Å². The Balaban J connectivity index is 1.65. The van der Waals surface area contributed by atoms with Crippen molar-refractivity contribution in [3.63, 3.8) is 0 Å². The van der Waals surface area contributed by atoms with Gasteiger partial charge in [-0.05, 0) is 6.42 Å². The molecule has 2 aliphatic heterocycles. The van der Waals surface area contributed by atoms with Crippen molar-refractivity contribution < 1.29 is 9.26 Å². The summed E-state index contributed by atoms with van der Waals surface area (Å²) in [5, 5.41) is 3.98. The maximum absolute atomic E-state index is 5.55. The van der Waals surface area contributed by atoms with Gasteiger partial charge in [0, 0.05) is 18.5 Å². The molecule has 0 aromatic carbocycles. The van der Waals surface area contributed by atoms with Crippen LogP contribution in [-0.4, -0.2) is 40.3 Å². The van der Waals surface area contributed by atoms with Gasteiger partial charge in [-0.15, -0.1) is 0 Å². The van der Waals surface area contributed by atoms with Crippen LogP contribution in [-0.2, 0) is 11.3 Å². The third-order valence-electron chi connectivity index (χ3n) is 3.35. The minimum Gasteiger partial charge on any atom is -0.375 e. The van der Waals surface area contributed by atoms with Gasteiger partial charge in [0.2, 0.25) is 5.89 Å². The highest BCUT2D eigenvalue weighted by atomic mass is 16.5. The smallest absolute Gasteiger partial charge is 0.240 e. The van der Waals surface area contributed by atoms with Crippen molar-refractivity contribution in [2.45, 2.75) is 44.9 Å². The average Bonchev–Trinajstić information content (AvgIpc) is 2.91. The summed E-state index contributed by atoms with van der Waals surface area (Å²) in [6.45, 7) is 6.77. The molecule has 0 saturated carbocycles. The summed E-state index contributed by atoms with van der Waals surface area (Å²) in [5.74, 6) is 1.86. The Morgan fingerprint density at radius 1 is 1.50 bits per heavy atom. The van der Waals surface area contributed by atoms with Gasteiger partial charge in [-0.1, -0.05) is 19.0 Å². The molecule has 1 aromatic heterocycles. The summed E-state index contributed by atoms with van der Waals surface area (Å²) in [7, 11) is 0. The maximum Gasteiger partial charge on any atom is 0.240 e. The first-order chi connectivity index (χ1) is 7.72. The minimum absolute atomic E-state index is 0.330. The van der Waals surface area contributed by atoms with Gasteiger partial charge in [-0.25, -0.2) is 0 Å². The zero-order valence-corrected chi connectivity index (χ0v) is 9.72. The Bertz CT molecular complexity index is 377. The third kappa shape index (κ3) is 1.74. The highest BCUT2D eigenvalue weighted by Crippen LogP contribution is 2.28. The Morgan fingerprint density at radius 3 is 2.94 bits per heavy atom. The SMILES string of the molecule is CC(C)c1noc(CN2CC3CC2CO3)n1. The number of likely N-dealkylation sites (tertiary alicyclic amines) is 1. The lowest BCUT2D eigenvalue weighted by Gasteiger charge is -2.24. The van der Waals surface area contributed by atoms with Gasteiger partial charge in [-0.2, -0.15) is 4.98 Å². The lowest BCUT2D eigenvalue weighted by molar-refractivity contribution is 0.0234. The first kappa shape index (κ1) is 10.2. The molecule has 0 amide bonds. The fraction of sp³-hybridized carbons (Fsp3) is 0.818. The van der Waals surface area contributed by atoms with Crippen molar-refractivity contribution in [2.75, 3.05) is 13.2 Å². The van der Waals surface area contributed by atoms with Crippen LogP contribution in [0.1, 0.15) is 37.9 Å². The number of rotatable bonds is 3. The quantitative estimate of drug-likeness (QED) is 0.769. The first-order valence-corrected chi connectivity index (χ1v) is 5.90. The number of hydrogen-bond acceptors (Lipinski definition) is 5. The summed E-state index contributed by atoms with van der Waals surface area (Å²) in [6, 6.07) is 0.555. The van der Waals surface area contributed by atoms with Crippen LogP contribution in [0, 0.1) is 0 Å². The Labute approximate surface area is 94.8 Å². The predicted molar refractivity (Wildman–Crippen MR) is 56.9 cm³/mol. The van der Waals surface area contributed by atoms with E-state index < -0.39 is 0 Å². The molecule has 2 saturated heterocycles. The molecule has 2 fully saturated rings. The van der Waals surface area contributed by atoms with Gasteiger partial charge in [0.15, 0.2) is 5.82 Å². The number of fused-ring (bicyclic) bond motifs is 2. The molecule has 0 aliphatic carbocycles. The van der Waals surface area contributed by atoms with E-state index >= 15 is 0 Å². The summed E-state index contributed by atoms with van der Waals surface area (Å²) >= 11 is 0. The van der Waals surface area contributed by atoms with Gasteiger partial charge in [-0.3, -0.25) is 4.90 Å². The summed E-state index contributed by atoms with van der Waals surface area (Å²) in [4.78, 5) is 6.78. The number of morpholine rings is 1. The van der Waals surface area contributed by atoms with Gasteiger partial charge in [0.05, 0.1) is 19.3 Å². The maximum atomic E-state index is 5.55. The third-order valence-corrected chi connectivity index (χ3v) is 3.35. The van der Waals surface area contributed by atoms with E-state index in [4.69, 9.17) is 9.26 Å². The largest absolute Gasteiger partial charge is 0.375 e. The van der Waals surface area contributed by atoms with Crippen molar-refractivity contribution in [3.05, 3.63) is 11.7 Å². The van der Waals surface area contributed by atoms with Gasteiger partial charge >= 0.3 is 0 Å². The summed E-state index contributed by atoms with van der Waals surface area (Å²) in [5.41, 5.74) is 0. The lowest BCUT2D eigenvalue weighted by Crippen LogP contribution is -2.36. The van der Waals surface area contributed by atoms with Crippen molar-refractivity contribution in [1.29, 1.82) is 0 Å². The van der Waals surface area contributed by atoms with Gasteiger partial charge in [0.1, 0.15) is 0 Å². The molecule has 3 heterocycles. The molecule has 2 aliphatic rings. The van der Waals surface area contributed by atoms with Gasteiger partial charge < -0.3 is 9.26 Å². The Hall–Kier alpha value is -0.940. The molecular formula is C11H17N3O2. The van der Waals surface area contributed by atoms with E-state index in [-0.39, 0.29) is 0 Å². The molecule has 3 rings (SSSR count). The van der Waals surface area contributed by atoms with Crippen LogP contribution in [0.3, 0.4) is 0 Å². The van der Waals surface area contributed by atoms with Crippen molar-refractivity contribution in [2.24, 2.45) is 0 Å². The van der Waals surface area contributed by atoms with E-state index in [1.54, 1.807) is 0 Å². The molecule has 16 heavy (non-hydrogen) atoms. The van der Waals surface area contributed by atoms with Crippen molar-refractivity contribution >= 4 is 0 Å². The Kier molecular flexibility index (Phi) is 2.44. The second-order valence-electron chi connectivity index (χ2n) is 4.98. The van der Waals surface area contributed by atoms with Crippen LogP contribution in [0.2, 0.25) is 0 Å². The first-order valence-electron chi connectivity index (χ1n) is 5.90. The van der Waals surface area contributed by atoms with Crippen LogP contribution >= 0.6 is 0 Å². The zero-order valence-electron chi connectivity index (χ0n) is 9.72. The van der Waals surface area contributed by atoms with Crippen LogP contribution in [0.15, 0.2) is 4.52 Å². The molecule has 2 bridgehead atoms. The Morgan fingerprint density at radius 2 is 2.38 bits per heavy atom. The fourth-order valence-electron chi connectivity index (χ4n) is 2.41. The second kappa shape index (κ2) is 3.82. The predicted octanol–water partition coefficient (Wildman–Crippen LogP) is 1.17. The van der Waals surface area contributed by atoms with Crippen LogP contribution in [0.5, 0.6) is 0 Å². The van der Waals surface area contributed by atoms with Crippen LogP contribution in [0.25, 0.3) is 0 Å². The molecule has 88 valence electrons. The highest BCUT2D eigenvalue weighted by molar-refractivity contribution is 4.96. The molecule has 2 unspecified atom stereocenters. The van der Waals surface area contributed by atoms with Crippen molar-refractivity contribution in [1.82, 2.24) is 15.0 Å². The van der Waals surface area contributed by atoms with E-state index in [9.17, 15) is 0 Å². The van der Waals surface area contributed by atoms with E-state index in [0.29, 0.717) is 18.1 Å². The van der Waals surface area contributed by atoms with E-state index in [0.717, 1.165) is 37.8 Å². The van der Waals surface area contributed by atoms with Gasteiger partial charge in [0.25, 0.3) is 0 Å². The molecule has 5 nitrogen and oxygen atoms in total. The van der Waals surface area contributed by atoms with Crippen LogP contribution < -0.4 is 0 Å². The van der Waals surface area contributed by atoms with E-state index in [2.05, 4.69) is 28.9 Å². The normalized spacial score (nSPS) is 29.4. The number of nitrogens with zero attached hydrogens (tertiary/aromatic N) is 3. The minimum atomic E-state index is 0.330. The molecule has 0 radical (unpaired) electrons.